The van der Waals surface area contributed by atoms with Gasteiger partial charge in [0.1, 0.15) is 5.56 Å². The summed E-state index contributed by atoms with van der Waals surface area (Å²) in [5.74, 6) is -0.887. The van der Waals surface area contributed by atoms with Crippen LogP contribution in [-0.2, 0) is 0 Å². The van der Waals surface area contributed by atoms with Gasteiger partial charge in [0, 0.05) is 17.7 Å². The Morgan fingerprint density at radius 2 is 1.62 bits per heavy atom. The number of rotatable bonds is 4. The Kier molecular flexibility index (Phi) is 4.24. The molecule has 0 N–H and O–H groups in total. The minimum Gasteiger partial charge on any atom is -0.402 e. The summed E-state index contributed by atoms with van der Waals surface area (Å²) in [4.78, 5) is 22.4. The van der Waals surface area contributed by atoms with E-state index < -0.39 is 10.9 Å². The van der Waals surface area contributed by atoms with Gasteiger partial charge in [0.05, 0.1) is 10.6 Å². The molecule has 2 aromatic carbocycles. The molecule has 0 aliphatic carbocycles. The van der Waals surface area contributed by atoms with E-state index in [0.29, 0.717) is 5.69 Å². The molecule has 0 unspecified atom stereocenters. The quantitative estimate of drug-likeness (QED) is 0.416. The molecule has 0 fully saturated rings. The number of hydrogen-bond acceptors (Lipinski definition) is 6. The van der Waals surface area contributed by atoms with Gasteiger partial charge >= 0.3 is 5.97 Å². The van der Waals surface area contributed by atoms with Crippen molar-refractivity contribution in [3.8, 4) is 17.1 Å². The molecule has 1 aromatic heterocycles. The first-order chi connectivity index (χ1) is 11.6. The van der Waals surface area contributed by atoms with Gasteiger partial charge in [-0.25, -0.2) is 4.79 Å². The van der Waals surface area contributed by atoms with E-state index in [4.69, 9.17) is 4.74 Å². The van der Waals surface area contributed by atoms with E-state index in [1.807, 2.05) is 30.3 Å². The van der Waals surface area contributed by atoms with Gasteiger partial charge in [-0.3, -0.25) is 10.1 Å². The summed E-state index contributed by atoms with van der Waals surface area (Å²) < 4.78 is 5.07. The number of carbonyl (C=O) groups excluding carboxylic acids is 1. The number of ether oxygens (including phenoxy) is 1. The third-order valence-corrected chi connectivity index (χ3v) is 3.23. The van der Waals surface area contributed by atoms with Gasteiger partial charge in [-0.2, -0.15) is 0 Å². The van der Waals surface area contributed by atoms with E-state index >= 15 is 0 Å². The largest absolute Gasteiger partial charge is 0.402 e. The van der Waals surface area contributed by atoms with Crippen LogP contribution in [0.2, 0.25) is 0 Å². The lowest BCUT2D eigenvalue weighted by Crippen LogP contribution is -2.12. The van der Waals surface area contributed by atoms with Crippen LogP contribution in [0.1, 0.15) is 10.4 Å². The standard InChI is InChI=1S/C17H11N3O4/c21-17(13-8-4-5-9-15(13)20(22)23)24-16-11-10-14(18-19-16)12-6-2-1-3-7-12/h1-11H. The maximum Gasteiger partial charge on any atom is 0.351 e. The average molecular weight is 321 g/mol. The zero-order chi connectivity index (χ0) is 16.9. The number of aromatic nitrogens is 2. The van der Waals surface area contributed by atoms with Crippen LogP contribution in [-0.4, -0.2) is 21.1 Å². The van der Waals surface area contributed by atoms with Crippen molar-refractivity contribution in [1.82, 2.24) is 10.2 Å². The third kappa shape index (κ3) is 3.25. The lowest BCUT2D eigenvalue weighted by atomic mass is 10.1. The molecule has 0 saturated heterocycles. The fourth-order valence-electron chi connectivity index (χ4n) is 2.09. The van der Waals surface area contributed by atoms with Gasteiger partial charge in [-0.15, -0.1) is 10.2 Å². The number of nitro groups is 1. The van der Waals surface area contributed by atoms with Crippen molar-refractivity contribution in [2.45, 2.75) is 0 Å². The number of hydrogen-bond donors (Lipinski definition) is 0. The van der Waals surface area contributed by atoms with Crippen LogP contribution in [0.15, 0.2) is 66.7 Å². The maximum atomic E-state index is 12.1. The van der Waals surface area contributed by atoms with Crippen molar-refractivity contribution in [3.63, 3.8) is 0 Å². The second-order valence-corrected chi connectivity index (χ2v) is 4.79. The van der Waals surface area contributed by atoms with E-state index in [1.54, 1.807) is 6.07 Å². The summed E-state index contributed by atoms with van der Waals surface area (Å²) >= 11 is 0. The van der Waals surface area contributed by atoms with Crippen LogP contribution in [0.4, 0.5) is 5.69 Å². The molecular formula is C17H11N3O4. The zero-order valence-electron chi connectivity index (χ0n) is 12.3. The van der Waals surface area contributed by atoms with Crippen LogP contribution in [0, 0.1) is 10.1 Å². The average Bonchev–Trinajstić information content (AvgIpc) is 2.63. The van der Waals surface area contributed by atoms with Crippen molar-refractivity contribution < 1.29 is 14.5 Å². The lowest BCUT2D eigenvalue weighted by molar-refractivity contribution is -0.385. The smallest absolute Gasteiger partial charge is 0.351 e. The number of benzene rings is 2. The van der Waals surface area contributed by atoms with Gasteiger partial charge < -0.3 is 4.74 Å². The highest BCUT2D eigenvalue weighted by Gasteiger charge is 2.21. The Morgan fingerprint density at radius 1 is 0.917 bits per heavy atom. The Bertz CT molecular complexity index is 880. The molecule has 7 nitrogen and oxygen atoms in total. The highest BCUT2D eigenvalue weighted by Crippen LogP contribution is 2.21. The third-order valence-electron chi connectivity index (χ3n) is 3.23. The molecule has 7 heteroatoms. The second kappa shape index (κ2) is 6.66. The molecule has 0 atom stereocenters. The van der Waals surface area contributed by atoms with Crippen molar-refractivity contribution >= 4 is 11.7 Å². The highest BCUT2D eigenvalue weighted by molar-refractivity contribution is 5.95. The molecule has 3 aromatic rings. The lowest BCUT2D eigenvalue weighted by Gasteiger charge is -2.04. The molecule has 0 aliphatic heterocycles. The number of nitro benzene ring substituents is 1. The van der Waals surface area contributed by atoms with Crippen LogP contribution in [0.25, 0.3) is 11.3 Å². The van der Waals surface area contributed by atoms with Crippen molar-refractivity contribution in [1.29, 1.82) is 0 Å². The van der Waals surface area contributed by atoms with Crippen LogP contribution in [0.3, 0.4) is 0 Å². The first-order valence-corrected chi connectivity index (χ1v) is 7.00. The van der Waals surface area contributed by atoms with Gasteiger partial charge in [0.25, 0.3) is 5.69 Å². The fourth-order valence-corrected chi connectivity index (χ4v) is 2.09. The van der Waals surface area contributed by atoms with Crippen molar-refractivity contribution in [2.75, 3.05) is 0 Å². The van der Waals surface area contributed by atoms with Gasteiger partial charge in [-0.1, -0.05) is 42.5 Å². The van der Waals surface area contributed by atoms with E-state index in [-0.39, 0.29) is 17.1 Å². The predicted molar refractivity (Wildman–Crippen MR) is 85.5 cm³/mol. The van der Waals surface area contributed by atoms with E-state index in [1.165, 1.54) is 30.3 Å². The summed E-state index contributed by atoms with van der Waals surface area (Å²) in [5.41, 5.74) is 1.04. The van der Waals surface area contributed by atoms with Gasteiger partial charge in [0.15, 0.2) is 0 Å². The Hall–Kier alpha value is -3.61. The fraction of sp³-hybridized carbons (Fsp3) is 0. The summed E-state index contributed by atoms with van der Waals surface area (Å²) in [6.07, 6.45) is 0. The van der Waals surface area contributed by atoms with Gasteiger partial charge in [-0.05, 0) is 12.1 Å². The number of esters is 1. The van der Waals surface area contributed by atoms with Crippen LogP contribution in [0.5, 0.6) is 5.88 Å². The van der Waals surface area contributed by atoms with Crippen molar-refractivity contribution in [3.05, 3.63) is 82.4 Å². The van der Waals surface area contributed by atoms with E-state index in [9.17, 15) is 14.9 Å². The molecule has 0 amide bonds. The minimum atomic E-state index is -0.857. The topological polar surface area (TPSA) is 95.2 Å². The summed E-state index contributed by atoms with van der Waals surface area (Å²) in [7, 11) is 0. The summed E-state index contributed by atoms with van der Waals surface area (Å²) in [5, 5.41) is 18.8. The number of para-hydroxylation sites is 1. The van der Waals surface area contributed by atoms with Crippen LogP contribution >= 0.6 is 0 Å². The first-order valence-electron chi connectivity index (χ1n) is 7.00. The molecule has 0 bridgehead atoms. The SMILES string of the molecule is O=C(Oc1ccc(-c2ccccc2)nn1)c1ccccc1[N+](=O)[O-]. The normalized spacial score (nSPS) is 10.2. The number of nitrogens with zero attached hydrogens (tertiary/aromatic N) is 3. The molecule has 0 radical (unpaired) electrons. The minimum absolute atomic E-state index is 0.0298. The molecule has 1 heterocycles. The molecule has 3 rings (SSSR count). The monoisotopic (exact) mass is 321 g/mol. The summed E-state index contributed by atoms with van der Waals surface area (Å²) in [6.45, 7) is 0. The van der Waals surface area contributed by atoms with E-state index in [2.05, 4.69) is 10.2 Å². The Labute approximate surface area is 136 Å². The molecule has 24 heavy (non-hydrogen) atoms. The van der Waals surface area contributed by atoms with E-state index in [0.717, 1.165) is 5.56 Å². The first kappa shape index (κ1) is 15.3. The molecule has 0 saturated carbocycles. The second-order valence-electron chi connectivity index (χ2n) is 4.79. The number of carbonyl (C=O) groups is 1. The highest BCUT2D eigenvalue weighted by atomic mass is 16.6. The van der Waals surface area contributed by atoms with Crippen LogP contribution < -0.4 is 4.74 Å². The zero-order valence-corrected chi connectivity index (χ0v) is 12.3. The summed E-state index contributed by atoms with van der Waals surface area (Å²) in [6, 6.07) is 18.1. The molecule has 0 aliphatic rings. The Balaban J connectivity index is 1.80. The molecule has 118 valence electrons. The predicted octanol–water partition coefficient (Wildman–Crippen LogP) is 3.27. The maximum absolute atomic E-state index is 12.1. The Morgan fingerprint density at radius 3 is 2.29 bits per heavy atom. The molecule has 0 spiro atoms. The molecular weight excluding hydrogens is 310 g/mol. The van der Waals surface area contributed by atoms with Crippen molar-refractivity contribution in [2.24, 2.45) is 0 Å². The van der Waals surface area contributed by atoms with Gasteiger partial charge in [0.2, 0.25) is 5.88 Å².